The van der Waals surface area contributed by atoms with Crippen LogP contribution in [0.3, 0.4) is 0 Å². The highest BCUT2D eigenvalue weighted by atomic mass is 35.5. The molecule has 0 saturated heterocycles. The Balaban J connectivity index is 2.21. The van der Waals surface area contributed by atoms with Gasteiger partial charge in [-0.15, -0.1) is 0 Å². The fourth-order valence-electron chi connectivity index (χ4n) is 1.75. The summed E-state index contributed by atoms with van der Waals surface area (Å²) in [4.78, 5) is 8.57. The van der Waals surface area contributed by atoms with E-state index < -0.39 is 0 Å². The molecular formula is C14H17Cl2N5S. The second-order valence-electron chi connectivity index (χ2n) is 4.64. The molecule has 2 rings (SSSR count). The van der Waals surface area contributed by atoms with E-state index in [2.05, 4.69) is 16.9 Å². The van der Waals surface area contributed by atoms with Crippen LogP contribution in [0, 0.1) is 0 Å². The Kier molecular flexibility index (Phi) is 6.14. The molecule has 5 nitrogen and oxygen atoms in total. The van der Waals surface area contributed by atoms with Gasteiger partial charge in [-0.25, -0.2) is 15.8 Å². The number of nitrogens with two attached hydrogens (primary N) is 2. The minimum absolute atomic E-state index is 0.218. The van der Waals surface area contributed by atoms with Gasteiger partial charge in [0, 0.05) is 10.8 Å². The lowest BCUT2D eigenvalue weighted by Crippen LogP contribution is -2.32. The monoisotopic (exact) mass is 357 g/mol. The Morgan fingerprint density at radius 1 is 1.18 bits per heavy atom. The fraction of sp³-hybridized carbons (Fsp3) is 0.286. The first kappa shape index (κ1) is 17.1. The normalized spacial score (nSPS) is 10.7. The van der Waals surface area contributed by atoms with Gasteiger partial charge < -0.3 is 5.73 Å². The average molecular weight is 358 g/mol. The second-order valence-corrected chi connectivity index (χ2v) is 6.49. The van der Waals surface area contributed by atoms with Crippen molar-refractivity contribution >= 4 is 46.5 Å². The lowest BCUT2D eigenvalue weighted by molar-refractivity contribution is 0.809. The van der Waals surface area contributed by atoms with E-state index in [4.69, 9.17) is 34.8 Å². The largest absolute Gasteiger partial charge is 0.393 e. The van der Waals surface area contributed by atoms with Gasteiger partial charge >= 0.3 is 0 Å². The van der Waals surface area contributed by atoms with E-state index in [9.17, 15) is 0 Å². The molecule has 0 aliphatic rings. The van der Waals surface area contributed by atoms with Gasteiger partial charge in [-0.3, -0.25) is 5.01 Å². The van der Waals surface area contributed by atoms with Crippen LogP contribution in [0.4, 0.5) is 11.5 Å². The number of nitrogens with zero attached hydrogens (tertiary/aromatic N) is 3. The Morgan fingerprint density at radius 2 is 1.86 bits per heavy atom. The molecule has 0 fully saturated rings. The molecular weight excluding hydrogens is 341 g/mol. The maximum Gasteiger partial charge on any atom is 0.191 e. The van der Waals surface area contributed by atoms with Crippen molar-refractivity contribution in [2.75, 3.05) is 16.5 Å². The summed E-state index contributed by atoms with van der Waals surface area (Å²) >= 11 is 13.5. The highest BCUT2D eigenvalue weighted by Crippen LogP contribution is 2.29. The highest BCUT2D eigenvalue weighted by Gasteiger charge is 2.15. The third-order valence-electron chi connectivity index (χ3n) is 2.83. The fourth-order valence-corrected chi connectivity index (χ4v) is 2.78. The quantitative estimate of drug-likeness (QED) is 0.269. The summed E-state index contributed by atoms with van der Waals surface area (Å²) in [5.41, 5.74) is 7.22. The molecule has 0 spiro atoms. The first-order valence-corrected chi connectivity index (χ1v) is 8.48. The Morgan fingerprint density at radius 3 is 2.50 bits per heavy atom. The van der Waals surface area contributed by atoms with Crippen molar-refractivity contribution in [2.24, 2.45) is 5.84 Å². The first-order chi connectivity index (χ1) is 10.5. The SMILES string of the molecule is CCCSc1nc(Cl)c(N)c(N(N)Cc2ccc(Cl)cc2)n1. The van der Waals surface area contributed by atoms with Crippen LogP contribution in [0.25, 0.3) is 0 Å². The van der Waals surface area contributed by atoms with Crippen LogP contribution in [0.15, 0.2) is 29.4 Å². The predicted octanol–water partition coefficient (Wildman–Crippen LogP) is 3.75. The number of rotatable bonds is 6. The summed E-state index contributed by atoms with van der Waals surface area (Å²) in [6.07, 6.45) is 1.02. The molecule has 0 radical (unpaired) electrons. The molecule has 0 aliphatic heterocycles. The number of hydrogen-bond acceptors (Lipinski definition) is 6. The molecule has 1 aromatic heterocycles. The molecule has 4 N–H and O–H groups in total. The van der Waals surface area contributed by atoms with Gasteiger partial charge in [0.1, 0.15) is 5.69 Å². The van der Waals surface area contributed by atoms with Crippen LogP contribution in [-0.2, 0) is 6.54 Å². The van der Waals surface area contributed by atoms with Gasteiger partial charge in [0.2, 0.25) is 0 Å². The molecule has 1 heterocycles. The summed E-state index contributed by atoms with van der Waals surface area (Å²) in [6.45, 7) is 2.52. The molecule has 0 unspecified atom stereocenters. The number of halogens is 2. The number of aromatic nitrogens is 2. The number of hydrazine groups is 1. The van der Waals surface area contributed by atoms with Crippen molar-refractivity contribution in [3.05, 3.63) is 40.0 Å². The van der Waals surface area contributed by atoms with Crippen LogP contribution in [0.1, 0.15) is 18.9 Å². The molecule has 22 heavy (non-hydrogen) atoms. The predicted molar refractivity (Wildman–Crippen MR) is 94.3 cm³/mol. The van der Waals surface area contributed by atoms with Gasteiger partial charge in [0.05, 0.1) is 6.54 Å². The van der Waals surface area contributed by atoms with E-state index in [-0.39, 0.29) is 10.8 Å². The molecule has 0 atom stereocenters. The highest BCUT2D eigenvalue weighted by molar-refractivity contribution is 7.99. The van der Waals surface area contributed by atoms with Crippen LogP contribution in [0.5, 0.6) is 0 Å². The average Bonchev–Trinajstić information content (AvgIpc) is 2.50. The van der Waals surface area contributed by atoms with E-state index in [0.29, 0.717) is 22.5 Å². The minimum atomic E-state index is 0.218. The van der Waals surface area contributed by atoms with Gasteiger partial charge in [0.25, 0.3) is 0 Å². The van der Waals surface area contributed by atoms with E-state index >= 15 is 0 Å². The van der Waals surface area contributed by atoms with Crippen LogP contribution >= 0.6 is 35.0 Å². The maximum atomic E-state index is 6.09. The summed E-state index contributed by atoms with van der Waals surface area (Å²) in [6, 6.07) is 7.41. The minimum Gasteiger partial charge on any atom is -0.393 e. The summed E-state index contributed by atoms with van der Waals surface area (Å²) in [7, 11) is 0. The lowest BCUT2D eigenvalue weighted by atomic mass is 10.2. The Hall–Kier alpha value is -1.21. The van der Waals surface area contributed by atoms with Gasteiger partial charge in [0.15, 0.2) is 16.1 Å². The van der Waals surface area contributed by atoms with Gasteiger partial charge in [-0.1, -0.05) is 54.0 Å². The standard InChI is InChI=1S/C14H17Cl2N5S/c1-2-7-22-14-19-12(16)11(17)13(20-14)21(18)8-9-3-5-10(15)6-4-9/h3-6H,2,7-8,17-18H2,1H3. The smallest absolute Gasteiger partial charge is 0.191 e. The summed E-state index contributed by atoms with van der Waals surface area (Å²) in [5, 5.41) is 2.93. The molecule has 1 aromatic carbocycles. The number of thioether (sulfide) groups is 1. The zero-order valence-electron chi connectivity index (χ0n) is 12.1. The third-order valence-corrected chi connectivity index (χ3v) is 4.43. The van der Waals surface area contributed by atoms with E-state index in [1.54, 1.807) is 0 Å². The van der Waals surface area contributed by atoms with E-state index in [1.165, 1.54) is 16.8 Å². The topological polar surface area (TPSA) is 81.1 Å². The van der Waals surface area contributed by atoms with E-state index in [0.717, 1.165) is 17.7 Å². The van der Waals surface area contributed by atoms with Crippen LogP contribution in [-0.4, -0.2) is 15.7 Å². The molecule has 0 bridgehead atoms. The number of anilines is 2. The van der Waals surface area contributed by atoms with Crippen molar-refractivity contribution in [3.63, 3.8) is 0 Å². The van der Waals surface area contributed by atoms with Crippen LogP contribution < -0.4 is 16.6 Å². The molecule has 8 heteroatoms. The van der Waals surface area contributed by atoms with Gasteiger partial charge in [-0.2, -0.15) is 0 Å². The number of nitrogen functional groups attached to an aromatic ring is 1. The van der Waals surface area contributed by atoms with Crippen molar-refractivity contribution in [1.82, 2.24) is 9.97 Å². The van der Waals surface area contributed by atoms with Crippen molar-refractivity contribution in [1.29, 1.82) is 0 Å². The van der Waals surface area contributed by atoms with Crippen molar-refractivity contribution in [2.45, 2.75) is 25.0 Å². The summed E-state index contributed by atoms with van der Waals surface area (Å²) in [5.74, 6) is 7.42. The molecule has 2 aromatic rings. The zero-order chi connectivity index (χ0) is 16.1. The van der Waals surface area contributed by atoms with E-state index in [1.807, 2.05) is 24.3 Å². The molecule has 0 aliphatic carbocycles. The molecule has 0 amide bonds. The second kappa shape index (κ2) is 7.87. The summed E-state index contributed by atoms with van der Waals surface area (Å²) < 4.78 is 0. The number of benzene rings is 1. The van der Waals surface area contributed by atoms with Gasteiger partial charge in [-0.05, 0) is 24.1 Å². The first-order valence-electron chi connectivity index (χ1n) is 6.73. The third kappa shape index (κ3) is 4.39. The van der Waals surface area contributed by atoms with Crippen molar-refractivity contribution in [3.8, 4) is 0 Å². The lowest BCUT2D eigenvalue weighted by Gasteiger charge is -2.20. The van der Waals surface area contributed by atoms with Crippen LogP contribution in [0.2, 0.25) is 10.2 Å². The van der Waals surface area contributed by atoms with Crippen molar-refractivity contribution < 1.29 is 0 Å². The molecule has 118 valence electrons. The maximum absolute atomic E-state index is 6.09. The Labute approximate surface area is 144 Å². The zero-order valence-corrected chi connectivity index (χ0v) is 14.4. The molecule has 0 saturated carbocycles. The number of hydrogen-bond donors (Lipinski definition) is 2. The Bertz CT molecular complexity index is 636.